The molecule has 1 saturated heterocycles. The fraction of sp³-hybridized carbons (Fsp3) is 0.259. The number of nitrogens with zero attached hydrogens (tertiary/aromatic N) is 1. The van der Waals surface area contributed by atoms with Crippen molar-refractivity contribution in [1.82, 2.24) is 10.2 Å². The fourth-order valence-corrected chi connectivity index (χ4v) is 4.56. The summed E-state index contributed by atoms with van der Waals surface area (Å²) in [6.45, 7) is 1.43. The maximum absolute atomic E-state index is 13.3. The van der Waals surface area contributed by atoms with Gasteiger partial charge in [-0.15, -0.1) is 0 Å². The smallest absolute Gasteiger partial charge is 0.253 e. The third-order valence-corrected chi connectivity index (χ3v) is 6.41. The number of hydrogen-bond donors (Lipinski definition) is 1. The molecule has 7 nitrogen and oxygen atoms in total. The maximum Gasteiger partial charge on any atom is 0.253 e. The van der Waals surface area contributed by atoms with Crippen LogP contribution in [0.1, 0.15) is 27.4 Å². The topological polar surface area (TPSA) is 77.1 Å². The van der Waals surface area contributed by atoms with E-state index in [1.807, 2.05) is 48.5 Å². The van der Waals surface area contributed by atoms with Gasteiger partial charge in [-0.25, -0.2) is 0 Å². The highest BCUT2D eigenvalue weighted by Crippen LogP contribution is 2.35. The number of amides is 2. The lowest BCUT2D eigenvalue weighted by molar-refractivity contribution is -0.125. The maximum atomic E-state index is 13.3. The van der Waals surface area contributed by atoms with Crippen molar-refractivity contribution in [1.29, 1.82) is 0 Å². The number of nitrogens with one attached hydrogen (secondary N) is 1. The highest BCUT2D eigenvalue weighted by Gasteiger charge is 2.40. The molecule has 0 aromatic heterocycles. The summed E-state index contributed by atoms with van der Waals surface area (Å²) in [6.07, 6.45) is 0. The number of carbonyl (C=O) groups excluding carboxylic acids is 2. The molecule has 1 fully saturated rings. The molecule has 2 aliphatic rings. The Labute approximate surface area is 198 Å². The van der Waals surface area contributed by atoms with Crippen molar-refractivity contribution in [3.8, 4) is 17.2 Å². The van der Waals surface area contributed by atoms with Crippen LogP contribution in [0.2, 0.25) is 0 Å². The third kappa shape index (κ3) is 4.41. The number of carbonyl (C=O) groups is 2. The Morgan fingerprint density at radius 1 is 0.971 bits per heavy atom. The summed E-state index contributed by atoms with van der Waals surface area (Å²) >= 11 is 0. The predicted octanol–water partition coefficient (Wildman–Crippen LogP) is 3.60. The van der Waals surface area contributed by atoms with Crippen LogP contribution in [0.15, 0.2) is 72.8 Å². The standard InChI is InChI=1S/C27H26N2O5/c1-32-21-10-8-20(9-11-21)27(31)29-15-22(19-5-3-2-4-6-19)23(16-29)26(30)28-14-18-7-12-24-25(13-18)34-17-33-24/h2-13,22-23H,14-17H2,1H3,(H,28,30). The van der Waals surface area contributed by atoms with E-state index in [1.165, 1.54) is 0 Å². The average molecular weight is 459 g/mol. The monoisotopic (exact) mass is 458 g/mol. The van der Waals surface area contributed by atoms with Crippen molar-refractivity contribution in [3.63, 3.8) is 0 Å². The van der Waals surface area contributed by atoms with Crippen LogP contribution in [0, 0.1) is 5.92 Å². The number of ether oxygens (including phenoxy) is 3. The minimum Gasteiger partial charge on any atom is -0.497 e. The first-order valence-electron chi connectivity index (χ1n) is 11.3. The van der Waals surface area contributed by atoms with Gasteiger partial charge < -0.3 is 24.4 Å². The summed E-state index contributed by atoms with van der Waals surface area (Å²) in [4.78, 5) is 28.3. The Balaban J connectivity index is 1.32. The molecule has 0 aliphatic carbocycles. The molecule has 2 unspecified atom stereocenters. The van der Waals surface area contributed by atoms with Crippen molar-refractivity contribution in [2.24, 2.45) is 5.92 Å². The molecule has 174 valence electrons. The van der Waals surface area contributed by atoms with E-state index < -0.39 is 0 Å². The van der Waals surface area contributed by atoms with Gasteiger partial charge in [-0.2, -0.15) is 0 Å². The molecule has 5 rings (SSSR count). The van der Waals surface area contributed by atoms with E-state index in [2.05, 4.69) is 5.32 Å². The second-order valence-corrected chi connectivity index (χ2v) is 8.47. The summed E-state index contributed by atoms with van der Waals surface area (Å²) < 4.78 is 16.0. The molecule has 3 aromatic rings. The van der Waals surface area contributed by atoms with Crippen LogP contribution in [-0.2, 0) is 11.3 Å². The van der Waals surface area contributed by atoms with Crippen LogP contribution in [0.5, 0.6) is 17.2 Å². The van der Waals surface area contributed by atoms with Gasteiger partial charge in [-0.05, 0) is 47.5 Å². The van der Waals surface area contributed by atoms with Gasteiger partial charge in [-0.3, -0.25) is 9.59 Å². The zero-order valence-corrected chi connectivity index (χ0v) is 18.9. The van der Waals surface area contributed by atoms with E-state index in [4.69, 9.17) is 14.2 Å². The van der Waals surface area contributed by atoms with Crippen molar-refractivity contribution in [3.05, 3.63) is 89.5 Å². The first-order chi connectivity index (χ1) is 16.6. The van der Waals surface area contributed by atoms with Crippen molar-refractivity contribution >= 4 is 11.8 Å². The van der Waals surface area contributed by atoms with Gasteiger partial charge >= 0.3 is 0 Å². The Bertz CT molecular complexity index is 1180. The van der Waals surface area contributed by atoms with Crippen LogP contribution in [0.25, 0.3) is 0 Å². The Kier molecular flexibility index (Phi) is 6.08. The average Bonchev–Trinajstić information content (AvgIpc) is 3.55. The second-order valence-electron chi connectivity index (χ2n) is 8.47. The number of rotatable bonds is 6. The summed E-state index contributed by atoms with van der Waals surface area (Å²) in [7, 11) is 1.59. The Morgan fingerprint density at radius 2 is 1.74 bits per heavy atom. The van der Waals surface area contributed by atoms with Gasteiger partial charge in [0, 0.05) is 31.1 Å². The molecule has 1 N–H and O–H groups in total. The molecule has 7 heteroatoms. The van der Waals surface area contributed by atoms with E-state index in [1.54, 1.807) is 36.3 Å². The quantitative estimate of drug-likeness (QED) is 0.611. The van der Waals surface area contributed by atoms with Gasteiger partial charge in [0.1, 0.15) is 5.75 Å². The summed E-state index contributed by atoms with van der Waals surface area (Å²) in [6, 6.07) is 22.6. The minimum atomic E-state index is -0.349. The predicted molar refractivity (Wildman–Crippen MR) is 126 cm³/mol. The molecule has 2 amide bonds. The Hall–Kier alpha value is -4.00. The highest BCUT2D eigenvalue weighted by molar-refractivity contribution is 5.95. The van der Waals surface area contributed by atoms with Crippen molar-refractivity contribution < 1.29 is 23.8 Å². The molecule has 2 aliphatic heterocycles. The van der Waals surface area contributed by atoms with E-state index >= 15 is 0 Å². The molecule has 0 radical (unpaired) electrons. The number of benzene rings is 3. The second kappa shape index (κ2) is 9.47. The first kappa shape index (κ1) is 21.8. The van der Waals surface area contributed by atoms with Gasteiger partial charge in [0.15, 0.2) is 11.5 Å². The largest absolute Gasteiger partial charge is 0.497 e. The lowest BCUT2D eigenvalue weighted by atomic mass is 9.88. The SMILES string of the molecule is COc1ccc(C(=O)N2CC(C(=O)NCc3ccc4c(c3)OCO4)C(c3ccccc3)C2)cc1. The zero-order valence-electron chi connectivity index (χ0n) is 18.9. The number of methoxy groups -OCH3 is 1. The van der Waals surface area contributed by atoms with Crippen LogP contribution in [-0.4, -0.2) is 43.7 Å². The van der Waals surface area contributed by atoms with Gasteiger partial charge in [0.25, 0.3) is 5.91 Å². The number of fused-ring (bicyclic) bond motifs is 1. The number of hydrogen-bond acceptors (Lipinski definition) is 5. The molecule has 0 spiro atoms. The van der Waals surface area contributed by atoms with Crippen LogP contribution in [0.3, 0.4) is 0 Å². The van der Waals surface area contributed by atoms with Gasteiger partial charge in [0.05, 0.1) is 13.0 Å². The molecule has 3 aromatic carbocycles. The van der Waals surface area contributed by atoms with Gasteiger partial charge in [0.2, 0.25) is 12.7 Å². The minimum absolute atomic E-state index is 0.0726. The summed E-state index contributed by atoms with van der Waals surface area (Å²) in [5, 5.41) is 3.06. The number of likely N-dealkylation sites (tertiary alicyclic amines) is 1. The Morgan fingerprint density at radius 3 is 2.50 bits per heavy atom. The molecule has 0 bridgehead atoms. The summed E-state index contributed by atoms with van der Waals surface area (Å²) in [5.74, 6) is 1.50. The highest BCUT2D eigenvalue weighted by atomic mass is 16.7. The van der Waals surface area contributed by atoms with Crippen LogP contribution in [0.4, 0.5) is 0 Å². The molecular weight excluding hydrogens is 432 g/mol. The molecular formula is C27H26N2O5. The molecule has 2 atom stereocenters. The molecule has 0 saturated carbocycles. The van der Waals surface area contributed by atoms with Crippen molar-refractivity contribution in [2.45, 2.75) is 12.5 Å². The lowest BCUT2D eigenvalue weighted by Crippen LogP contribution is -2.35. The fourth-order valence-electron chi connectivity index (χ4n) is 4.56. The normalized spacial score (nSPS) is 18.6. The first-order valence-corrected chi connectivity index (χ1v) is 11.3. The zero-order chi connectivity index (χ0) is 23.5. The lowest BCUT2D eigenvalue weighted by Gasteiger charge is -2.18. The molecule has 2 heterocycles. The third-order valence-electron chi connectivity index (χ3n) is 6.41. The van der Waals surface area contributed by atoms with Gasteiger partial charge in [-0.1, -0.05) is 36.4 Å². The van der Waals surface area contributed by atoms with E-state index in [0.717, 1.165) is 11.1 Å². The van der Waals surface area contributed by atoms with E-state index in [-0.39, 0.29) is 30.4 Å². The van der Waals surface area contributed by atoms with Crippen LogP contribution < -0.4 is 19.5 Å². The van der Waals surface area contributed by atoms with Crippen LogP contribution >= 0.6 is 0 Å². The molecule has 34 heavy (non-hydrogen) atoms. The van der Waals surface area contributed by atoms with Crippen molar-refractivity contribution in [2.75, 3.05) is 27.0 Å². The summed E-state index contributed by atoms with van der Waals surface area (Å²) in [5.41, 5.74) is 2.56. The van der Waals surface area contributed by atoms with E-state index in [0.29, 0.717) is 42.4 Å². The van der Waals surface area contributed by atoms with E-state index in [9.17, 15) is 9.59 Å².